The first-order valence-electron chi connectivity index (χ1n) is 6.20. The van der Waals surface area contributed by atoms with Crippen molar-refractivity contribution >= 4 is 11.6 Å². The molecule has 0 amide bonds. The van der Waals surface area contributed by atoms with Crippen LogP contribution in [0.3, 0.4) is 0 Å². The third kappa shape index (κ3) is 2.94. The summed E-state index contributed by atoms with van der Waals surface area (Å²) in [6.07, 6.45) is 1.23. The lowest BCUT2D eigenvalue weighted by Crippen LogP contribution is -2.13. The van der Waals surface area contributed by atoms with Gasteiger partial charge in [-0.3, -0.25) is 0 Å². The number of pyridine rings is 1. The molecule has 0 aliphatic heterocycles. The van der Waals surface area contributed by atoms with Crippen molar-refractivity contribution in [2.75, 3.05) is 7.11 Å². The van der Waals surface area contributed by atoms with Crippen LogP contribution in [0, 0.1) is 0 Å². The lowest BCUT2D eigenvalue weighted by Gasteiger charge is -2.01. The van der Waals surface area contributed by atoms with Crippen molar-refractivity contribution in [2.24, 2.45) is 0 Å². The van der Waals surface area contributed by atoms with Crippen molar-refractivity contribution in [1.29, 1.82) is 0 Å². The summed E-state index contributed by atoms with van der Waals surface area (Å²) in [6.45, 7) is 0. The first-order chi connectivity index (χ1) is 10.7. The summed E-state index contributed by atoms with van der Waals surface area (Å²) >= 11 is 5.70. The van der Waals surface area contributed by atoms with E-state index < -0.39 is 5.76 Å². The number of rotatable bonds is 4. The minimum atomic E-state index is -0.687. The fraction of sp³-hybridized carbons (Fsp3) is 0.0714. The molecule has 2 aromatic heterocycles. The summed E-state index contributed by atoms with van der Waals surface area (Å²) in [5, 5.41) is 4.26. The molecule has 0 radical (unpaired) electrons. The van der Waals surface area contributed by atoms with Gasteiger partial charge in [0.15, 0.2) is 0 Å². The SMILES string of the molecule is COc1ccc(Oc2nn(-c3ccc(Cl)nc3)c(=O)o2)cc1. The number of nitrogens with zero attached hydrogens (tertiary/aromatic N) is 3. The summed E-state index contributed by atoms with van der Waals surface area (Å²) in [5.74, 6) is 0.461. The van der Waals surface area contributed by atoms with Gasteiger partial charge in [-0.25, -0.2) is 9.78 Å². The number of halogens is 1. The van der Waals surface area contributed by atoms with Gasteiger partial charge in [0.25, 0.3) is 0 Å². The number of aromatic nitrogens is 3. The monoisotopic (exact) mass is 319 g/mol. The molecule has 7 nitrogen and oxygen atoms in total. The van der Waals surface area contributed by atoms with Gasteiger partial charge in [-0.1, -0.05) is 16.7 Å². The van der Waals surface area contributed by atoms with Gasteiger partial charge < -0.3 is 13.9 Å². The van der Waals surface area contributed by atoms with Crippen LogP contribution < -0.4 is 15.2 Å². The average Bonchev–Trinajstić information content (AvgIpc) is 2.89. The van der Waals surface area contributed by atoms with Gasteiger partial charge >= 0.3 is 11.8 Å². The second-order valence-electron chi connectivity index (χ2n) is 4.16. The van der Waals surface area contributed by atoms with Crippen molar-refractivity contribution in [2.45, 2.75) is 0 Å². The Morgan fingerprint density at radius 2 is 1.86 bits per heavy atom. The molecule has 112 valence electrons. The van der Waals surface area contributed by atoms with Gasteiger partial charge in [0.05, 0.1) is 19.0 Å². The van der Waals surface area contributed by atoms with Crippen LogP contribution in [0.1, 0.15) is 0 Å². The molecule has 8 heteroatoms. The fourth-order valence-electron chi connectivity index (χ4n) is 1.70. The Balaban J connectivity index is 1.85. The van der Waals surface area contributed by atoms with E-state index in [0.29, 0.717) is 22.3 Å². The zero-order valence-electron chi connectivity index (χ0n) is 11.4. The van der Waals surface area contributed by atoms with Gasteiger partial charge in [-0.05, 0) is 36.4 Å². The van der Waals surface area contributed by atoms with Crippen molar-refractivity contribution in [1.82, 2.24) is 14.8 Å². The summed E-state index contributed by atoms with van der Waals surface area (Å²) in [6, 6.07) is 9.91. The highest BCUT2D eigenvalue weighted by Gasteiger charge is 2.12. The lowest BCUT2D eigenvalue weighted by molar-refractivity contribution is 0.319. The van der Waals surface area contributed by atoms with E-state index in [1.54, 1.807) is 43.5 Å². The molecule has 0 atom stereocenters. The standard InChI is InChI=1S/C14H10ClN3O4/c1-20-10-3-5-11(6-4-10)21-13-17-18(14(19)22-13)9-2-7-12(15)16-8-9/h2-8H,1H3. The predicted molar refractivity (Wildman–Crippen MR) is 78.0 cm³/mol. The maximum atomic E-state index is 11.8. The quantitative estimate of drug-likeness (QED) is 0.688. The van der Waals surface area contributed by atoms with Crippen LogP contribution in [0.2, 0.25) is 5.15 Å². The van der Waals surface area contributed by atoms with Gasteiger partial charge in [0, 0.05) is 0 Å². The van der Waals surface area contributed by atoms with E-state index in [2.05, 4.69) is 10.1 Å². The van der Waals surface area contributed by atoms with Gasteiger partial charge in [0.1, 0.15) is 16.7 Å². The van der Waals surface area contributed by atoms with Crippen molar-refractivity contribution in [3.05, 3.63) is 58.3 Å². The Kier molecular flexibility index (Phi) is 3.80. The summed E-state index contributed by atoms with van der Waals surface area (Å²) in [5.41, 5.74) is 0.419. The number of hydrogen-bond donors (Lipinski definition) is 0. The van der Waals surface area contributed by atoms with E-state index in [1.807, 2.05) is 0 Å². The zero-order valence-corrected chi connectivity index (χ0v) is 12.1. The van der Waals surface area contributed by atoms with Gasteiger partial charge in [-0.15, -0.1) is 0 Å². The van der Waals surface area contributed by atoms with Crippen LogP contribution >= 0.6 is 11.6 Å². The fourth-order valence-corrected chi connectivity index (χ4v) is 1.81. The first-order valence-corrected chi connectivity index (χ1v) is 6.57. The second-order valence-corrected chi connectivity index (χ2v) is 4.55. The van der Waals surface area contributed by atoms with E-state index in [0.717, 1.165) is 4.68 Å². The van der Waals surface area contributed by atoms with Crippen molar-refractivity contribution in [3.8, 4) is 23.3 Å². The topological polar surface area (TPSA) is 79.4 Å². The normalized spacial score (nSPS) is 10.5. The van der Waals surface area contributed by atoms with Crippen LogP contribution in [0.4, 0.5) is 0 Å². The molecular weight excluding hydrogens is 310 g/mol. The first kappa shape index (κ1) is 14.2. The summed E-state index contributed by atoms with van der Waals surface area (Å²) in [4.78, 5) is 15.7. The molecule has 0 N–H and O–H groups in total. The highest BCUT2D eigenvalue weighted by atomic mass is 35.5. The average molecular weight is 320 g/mol. The van der Waals surface area contributed by atoms with E-state index in [9.17, 15) is 4.79 Å². The Morgan fingerprint density at radius 3 is 2.50 bits per heavy atom. The molecule has 0 unspecified atom stereocenters. The number of methoxy groups -OCH3 is 1. The molecule has 2 heterocycles. The third-order valence-corrected chi connectivity index (χ3v) is 2.97. The number of benzene rings is 1. The largest absolute Gasteiger partial charge is 0.497 e. The van der Waals surface area contributed by atoms with Crippen LogP contribution in [0.25, 0.3) is 5.69 Å². The predicted octanol–water partition coefficient (Wildman–Crippen LogP) is 2.67. The van der Waals surface area contributed by atoms with Crippen molar-refractivity contribution < 1.29 is 13.9 Å². The summed E-state index contributed by atoms with van der Waals surface area (Å²) in [7, 11) is 1.57. The lowest BCUT2D eigenvalue weighted by atomic mass is 10.3. The second kappa shape index (κ2) is 5.90. The Morgan fingerprint density at radius 1 is 1.14 bits per heavy atom. The van der Waals surface area contributed by atoms with Crippen molar-refractivity contribution in [3.63, 3.8) is 0 Å². The molecule has 0 saturated carbocycles. The molecule has 1 aromatic carbocycles. The smallest absolute Gasteiger partial charge is 0.444 e. The van der Waals surface area contributed by atoms with E-state index in [4.69, 9.17) is 25.5 Å². The third-order valence-electron chi connectivity index (χ3n) is 2.75. The molecule has 0 fully saturated rings. The maximum absolute atomic E-state index is 11.8. The molecule has 0 aliphatic carbocycles. The number of hydrogen-bond acceptors (Lipinski definition) is 6. The zero-order chi connectivity index (χ0) is 15.5. The van der Waals surface area contributed by atoms with E-state index >= 15 is 0 Å². The van der Waals surface area contributed by atoms with Crippen LogP contribution in [0.15, 0.2) is 51.8 Å². The molecule has 3 rings (SSSR count). The molecule has 0 bridgehead atoms. The van der Waals surface area contributed by atoms with E-state index in [1.165, 1.54) is 6.20 Å². The molecule has 0 aliphatic rings. The minimum Gasteiger partial charge on any atom is -0.497 e. The molecular formula is C14H10ClN3O4. The number of ether oxygens (including phenoxy) is 2. The Bertz CT molecular complexity index is 825. The minimum absolute atomic E-state index is 0.176. The maximum Gasteiger partial charge on any atom is 0.444 e. The van der Waals surface area contributed by atoms with Gasteiger partial charge in [0.2, 0.25) is 0 Å². The highest BCUT2D eigenvalue weighted by molar-refractivity contribution is 6.29. The van der Waals surface area contributed by atoms with Crippen LogP contribution in [-0.4, -0.2) is 21.9 Å². The Hall–Kier alpha value is -2.80. The molecule has 0 saturated heterocycles. The van der Waals surface area contributed by atoms with Crippen LogP contribution in [-0.2, 0) is 0 Å². The summed E-state index contributed by atoms with van der Waals surface area (Å²) < 4.78 is 16.4. The van der Waals surface area contributed by atoms with E-state index in [-0.39, 0.29) is 6.08 Å². The van der Waals surface area contributed by atoms with Gasteiger partial charge in [-0.2, -0.15) is 4.68 Å². The molecule has 22 heavy (non-hydrogen) atoms. The Labute approximate surface area is 129 Å². The molecule has 0 spiro atoms. The van der Waals surface area contributed by atoms with Crippen LogP contribution in [0.5, 0.6) is 17.6 Å². The highest BCUT2D eigenvalue weighted by Crippen LogP contribution is 2.22. The molecule has 3 aromatic rings.